The number of amides is 9. The van der Waals surface area contributed by atoms with E-state index in [0.29, 0.717) is 41.7 Å². The summed E-state index contributed by atoms with van der Waals surface area (Å²) in [4.78, 5) is 145. The molecule has 18 atom stereocenters. The Morgan fingerprint density at radius 1 is 0.674 bits per heavy atom. The van der Waals surface area contributed by atoms with E-state index in [1.165, 1.54) is 32.0 Å². The second-order valence-corrected chi connectivity index (χ2v) is 35.0. The zero-order chi connectivity index (χ0) is 93.8. The third-order valence-corrected chi connectivity index (χ3v) is 23.9. The van der Waals surface area contributed by atoms with E-state index in [0.717, 1.165) is 92.4 Å². The highest BCUT2D eigenvalue weighted by molar-refractivity contribution is 6.32. The largest absolute Gasteiger partial charge is 0.508 e. The molecule has 9 amide bonds. The molecule has 2 saturated heterocycles. The number of unbranched alkanes of at least 4 members (excludes halogenated alkanes) is 5. The first kappa shape index (κ1) is 98.5. The van der Waals surface area contributed by atoms with E-state index < -0.39 is 237 Å². The lowest BCUT2D eigenvalue weighted by Gasteiger charge is -2.48. The Hall–Kier alpha value is -11.1. The Morgan fingerprint density at radius 2 is 1.29 bits per heavy atom. The summed E-state index contributed by atoms with van der Waals surface area (Å²) in [6, 6.07) is 5.88. The fourth-order valence-electron chi connectivity index (χ4n) is 16.2. The number of aliphatic hydroxyl groups is 6. The summed E-state index contributed by atoms with van der Waals surface area (Å²) in [6.07, 6.45) is -11.8. The van der Waals surface area contributed by atoms with Crippen LogP contribution in [0.2, 0.25) is 10.0 Å². The molecule has 0 unspecified atom stereocenters. The van der Waals surface area contributed by atoms with Gasteiger partial charge in [0.2, 0.25) is 53.4 Å². The molecular formula is C89H113Cl2N12O26+. The van der Waals surface area contributed by atoms with E-state index in [1.54, 1.807) is 38.1 Å². The summed E-state index contributed by atoms with van der Waals surface area (Å²) in [5.74, 6) is -16.6. The van der Waals surface area contributed by atoms with Crippen LogP contribution in [-0.2, 0) is 63.9 Å². The Morgan fingerprint density at radius 3 is 1.92 bits per heavy atom. The molecule has 22 N–H and O–H groups in total. The number of phenolic OH excluding ortho intramolecular Hbond substituents is 3. The standard InChI is InChI=1S/C89H112Cl2N12O26/c1-9-10-11-12-13-14-26-94-65(109)40-103(7,8)28-15-27-95-80(115)45-18-16-44(17-19-45)39-96-89(5)38-66(124-43(4)79(89)114)128-78-76(113)75(112)63(41-104)127-88(78)129-77-61-33-49-34-62(77)126-60-25-22-48(32-54(60)91)74(111)72-86(121)100-70(87(122)123)52-35-50(105)36-58(107)67(52)51-30-46(20-23-57(51)106)68(83(118)102-72)99-84(119)69(49)98-82(117)56(37-64(92)108)97-85(120)71(101-81(116)55(93-6)29-42(2)3)73(110)47-21-24-59(125-61)53(90)31-47/h16-25,30-36,42-43,55-56,63,66,68-76,78-79,88,93,96,104,110-114H,9-15,26-29,37-41H2,1-8H3,(H13-,92,94,95,97,98,99,100,101,102,105,106,107,108,109,115,116,117,118,119,120,121,122,123)/p+1/t43-,55+,56-,63+,66-,68+,69+,70-,71+,72-,73+,74+,75+,76-,78+,79+,88-,89-/m0/s1. The number of carboxylic acid groups (broad SMARTS) is 1. The maximum atomic E-state index is 16.3. The molecule has 11 bridgehead atoms. The Labute approximate surface area is 753 Å². The number of primary amides is 1. The maximum Gasteiger partial charge on any atom is 0.330 e. The minimum atomic E-state index is -2.38. The number of halogens is 2. The van der Waals surface area contributed by atoms with Crippen LogP contribution in [0.1, 0.15) is 173 Å². The predicted molar refractivity (Wildman–Crippen MR) is 464 cm³/mol. The molecule has 7 heterocycles. The molecule has 0 saturated carbocycles. The Balaban J connectivity index is 0.990. The lowest BCUT2D eigenvalue weighted by molar-refractivity contribution is -0.882. The van der Waals surface area contributed by atoms with Gasteiger partial charge in [0, 0.05) is 66.3 Å². The van der Waals surface area contributed by atoms with Gasteiger partial charge in [-0.05, 0) is 134 Å². The van der Waals surface area contributed by atoms with E-state index in [1.807, 2.05) is 27.9 Å². The number of carboxylic acids is 1. The van der Waals surface area contributed by atoms with Crippen molar-refractivity contribution in [3.63, 3.8) is 0 Å². The van der Waals surface area contributed by atoms with Gasteiger partial charge >= 0.3 is 5.97 Å². The predicted octanol–water partition coefficient (Wildman–Crippen LogP) is 3.61. The number of aliphatic carboxylic acids is 1. The average Bonchev–Trinajstić information content (AvgIpc) is 0.760. The van der Waals surface area contributed by atoms with Crippen LogP contribution in [0.4, 0.5) is 0 Å². The number of aromatic hydroxyl groups is 3. The van der Waals surface area contributed by atoms with Crippen LogP contribution >= 0.6 is 23.2 Å². The van der Waals surface area contributed by atoms with Crippen LogP contribution in [0.3, 0.4) is 0 Å². The molecular weight excluding hydrogens is 1720 g/mol. The van der Waals surface area contributed by atoms with Crippen molar-refractivity contribution in [2.45, 2.75) is 215 Å². The summed E-state index contributed by atoms with van der Waals surface area (Å²) < 4.78 is 40.0. The van der Waals surface area contributed by atoms with E-state index in [4.69, 9.17) is 57.4 Å². The van der Waals surface area contributed by atoms with Crippen LogP contribution in [0.25, 0.3) is 11.1 Å². The summed E-state index contributed by atoms with van der Waals surface area (Å²) in [5.41, 5.74) is 2.59. The van der Waals surface area contributed by atoms with E-state index in [-0.39, 0.29) is 71.1 Å². The Bertz CT molecular complexity index is 5110. The number of benzene rings is 6. The number of ether oxygens (including phenoxy) is 6. The van der Waals surface area contributed by atoms with Gasteiger partial charge in [0.1, 0.15) is 89.5 Å². The first-order chi connectivity index (χ1) is 61.2. The van der Waals surface area contributed by atoms with Crippen LogP contribution in [0, 0.1) is 5.92 Å². The molecule has 6 aromatic carbocycles. The van der Waals surface area contributed by atoms with Gasteiger partial charge in [-0.25, -0.2) is 4.79 Å². The van der Waals surface area contributed by atoms with Gasteiger partial charge < -0.3 is 143 Å². The molecule has 0 aliphatic carbocycles. The number of phenols is 3. The molecule has 0 radical (unpaired) electrons. The lowest BCUT2D eigenvalue weighted by Crippen LogP contribution is -2.65. The number of likely N-dealkylation sites (N-methyl/N-ethyl adjacent to an activating group) is 2. The van der Waals surface area contributed by atoms with Crippen molar-refractivity contribution in [2.24, 2.45) is 11.7 Å². The zero-order valence-corrected chi connectivity index (χ0v) is 73.8. The van der Waals surface area contributed by atoms with Crippen molar-refractivity contribution in [1.29, 1.82) is 0 Å². The molecule has 0 spiro atoms. The molecule has 129 heavy (non-hydrogen) atoms. The van der Waals surface area contributed by atoms with Gasteiger partial charge in [-0.2, -0.15) is 0 Å². The number of nitrogens with two attached hydrogens (primary N) is 1. The molecule has 13 rings (SSSR count). The highest BCUT2D eigenvalue weighted by Crippen LogP contribution is 2.50. The third kappa shape index (κ3) is 24.1. The molecule has 40 heteroatoms. The number of quaternary nitrogens is 1. The van der Waals surface area contributed by atoms with Crippen LogP contribution in [0.5, 0.6) is 46.0 Å². The fraction of sp³-hybridized carbons (Fsp3) is 0.483. The average molecular weight is 1840 g/mol. The molecule has 0 aromatic heterocycles. The fourth-order valence-corrected chi connectivity index (χ4v) is 16.6. The molecule has 6 aromatic rings. The smallest absolute Gasteiger partial charge is 0.330 e. The van der Waals surface area contributed by atoms with Crippen molar-refractivity contribution in [1.82, 2.24) is 53.2 Å². The summed E-state index contributed by atoms with van der Waals surface area (Å²) in [6.45, 7) is 10.00. The van der Waals surface area contributed by atoms with E-state index in [2.05, 4.69) is 60.1 Å². The van der Waals surface area contributed by atoms with Crippen LogP contribution < -0.4 is 73.1 Å². The molecule has 38 nitrogen and oxygen atoms in total. The molecule has 698 valence electrons. The second-order valence-electron chi connectivity index (χ2n) is 34.2. The number of hydrogen-bond donors (Lipinski definition) is 21. The highest BCUT2D eigenvalue weighted by atomic mass is 35.5. The third-order valence-electron chi connectivity index (χ3n) is 23.3. The number of aliphatic hydroxyl groups excluding tert-OH is 6. The molecule has 7 aliphatic rings. The number of hydrogen-bond acceptors (Lipinski definition) is 27. The quantitative estimate of drug-likeness (QED) is 0.0226. The van der Waals surface area contributed by atoms with E-state index in [9.17, 15) is 79.8 Å². The number of rotatable bonds is 30. The topological polar surface area (TPSA) is 575 Å². The van der Waals surface area contributed by atoms with Gasteiger partial charge in [0.15, 0.2) is 36.5 Å². The number of carbonyl (C=O) groups excluding carboxylic acids is 9. The van der Waals surface area contributed by atoms with Crippen LogP contribution in [0.15, 0.2) is 103 Å². The van der Waals surface area contributed by atoms with Gasteiger partial charge in [0.05, 0.1) is 62.0 Å². The monoisotopic (exact) mass is 1840 g/mol. The van der Waals surface area contributed by atoms with Gasteiger partial charge in [-0.3, -0.25) is 43.2 Å². The maximum absolute atomic E-state index is 16.3. The number of nitrogens with zero attached hydrogens (tertiary/aromatic N) is 1. The summed E-state index contributed by atoms with van der Waals surface area (Å²) in [5, 5.41) is 143. The van der Waals surface area contributed by atoms with Crippen LogP contribution in [-0.4, -0.2) is 248 Å². The first-order valence-electron chi connectivity index (χ1n) is 42.6. The first-order valence-corrected chi connectivity index (χ1v) is 43.3. The van der Waals surface area contributed by atoms with Gasteiger partial charge in [-0.1, -0.05) is 106 Å². The van der Waals surface area contributed by atoms with Gasteiger partial charge in [-0.15, -0.1) is 0 Å². The van der Waals surface area contributed by atoms with Crippen molar-refractivity contribution < 1.29 is 132 Å². The normalized spacial score (nSPS) is 25.6. The zero-order valence-electron chi connectivity index (χ0n) is 72.3. The van der Waals surface area contributed by atoms with Crippen molar-refractivity contribution >= 4 is 82.3 Å². The minimum absolute atomic E-state index is 0.0321. The van der Waals surface area contributed by atoms with Crippen molar-refractivity contribution in [2.75, 3.05) is 53.9 Å². The summed E-state index contributed by atoms with van der Waals surface area (Å²) >= 11 is 14.3. The minimum Gasteiger partial charge on any atom is -0.508 e. The molecule has 2 fully saturated rings. The number of nitrogens with one attached hydrogen (secondary N) is 10. The van der Waals surface area contributed by atoms with Crippen molar-refractivity contribution in [3.05, 3.63) is 152 Å². The lowest BCUT2D eigenvalue weighted by atomic mass is 9.84. The SMILES string of the molecule is CCCCCCCCNC(=O)C[N+](C)(C)CCCNC(=O)c1ccc(CN[C@@]2(C)C[C@H](O[C@H]3[C@H](Oc4c5cc6cc4Oc4ccc(cc4Cl)[C@@H](O)[C@@H](NC(=O)[C@@H](CC(C)C)NC)C(=O)N[C@@H](CC(N)=O)C(=O)N[C@H]6C(=O)N[C@H]4C(=O)N[C@H](C(=O)N[C@H](C(=O)O)c6cc(O)cc(O)c6-c6cc4ccc6O)[C@H](O)c4ccc(c(Cl)c4)O5)O[C@H](CO)[C@@H](O)[C@@H]3O)O[C@@H](C)[C@H]2O)cc1. The highest BCUT2D eigenvalue weighted by Gasteiger charge is 2.52. The Kier molecular flexibility index (Phi) is 32.9. The van der Waals surface area contributed by atoms with Crippen molar-refractivity contribution in [3.8, 4) is 57.1 Å². The van der Waals surface area contributed by atoms with E-state index >= 15 is 19.2 Å². The number of fused-ring (bicyclic) bond motifs is 15. The number of carbonyl (C=O) groups is 10. The summed E-state index contributed by atoms with van der Waals surface area (Å²) in [7, 11) is 5.39. The van der Waals surface area contributed by atoms with Gasteiger partial charge in [0.25, 0.3) is 11.8 Å². The second kappa shape index (κ2) is 43.1. The molecule has 7 aliphatic heterocycles.